The number of carbonyl (C=O) groups is 9. The highest BCUT2D eigenvalue weighted by Crippen LogP contribution is 2.20. The van der Waals surface area contributed by atoms with Crippen molar-refractivity contribution in [1.29, 1.82) is 0 Å². The van der Waals surface area contributed by atoms with Crippen molar-refractivity contribution >= 4 is 59.1 Å². The number of nitrogens with two attached hydrogens (primary N) is 7. The standard InChI is InChI=1S/C44H79N19O10/c1-25(57-42(72)35(33(64)21-47)62-38(68)27(48)10-4-6-17-52-2)37(67)55-23-34(65)58-30(12-7-16-46)43(73)63-19-9-14-32(63)41(71)61-31(20-26-22-53-24-56-26)40(70)60-29(11-3-5-15-45)39(69)59-28(36(49)66)13-8-18-54-44(50)51/h13,22,24-25,27,29-33,35,52,64H,3-12,14-21,23,45-48H2,1-2H3,(H2,49,66)(H,53,56)(H,55,67)(H,57,72)(H,58,65)(H,59,69)(H,60,70)(H,61,71)(H,62,68)(H4,50,51,54)/b28-13-/t25?,27?,29-,30+,31-,32-,33-,35-/m0/s1. The summed E-state index contributed by atoms with van der Waals surface area (Å²) < 4.78 is 0. The third-order valence-electron chi connectivity index (χ3n) is 11.6. The zero-order chi connectivity index (χ0) is 54.5. The van der Waals surface area contributed by atoms with Crippen LogP contribution >= 0.6 is 0 Å². The van der Waals surface area contributed by atoms with E-state index in [4.69, 9.17) is 40.1 Å². The Morgan fingerprint density at radius 1 is 0.836 bits per heavy atom. The molecule has 9 amide bonds. The normalized spacial score (nSPS) is 16.3. The van der Waals surface area contributed by atoms with Crippen molar-refractivity contribution in [3.05, 3.63) is 30.0 Å². The number of primary amides is 1. The third-order valence-corrected chi connectivity index (χ3v) is 11.6. The smallest absolute Gasteiger partial charge is 0.264 e. The Kier molecular flexibility index (Phi) is 28.8. The highest BCUT2D eigenvalue weighted by atomic mass is 16.3. The lowest BCUT2D eigenvalue weighted by molar-refractivity contribution is -0.142. The SMILES string of the molecule is CNCCCCC(N)C(=O)N[C@H](C(=O)NC(C)C(=O)NCC(=O)N[C@H](CCCN)C(=O)N1CCC[C@H]1C(=O)N[C@@H](Cc1cnc[nH]1)C(=O)N[C@@H](CCCCN)C(=O)N/C(=C\CCN=C(N)N)C(N)=O)[C@@H](O)CN. The number of likely N-dealkylation sites (tertiary alicyclic amines) is 1. The molecular weight excluding hydrogens is 955 g/mol. The fourth-order valence-electron chi connectivity index (χ4n) is 7.51. The van der Waals surface area contributed by atoms with E-state index in [9.17, 15) is 48.3 Å². The van der Waals surface area contributed by atoms with Gasteiger partial charge in [0.2, 0.25) is 47.3 Å². The largest absolute Gasteiger partial charge is 0.389 e. The van der Waals surface area contributed by atoms with Crippen LogP contribution in [0.5, 0.6) is 0 Å². The molecule has 8 atom stereocenters. The molecule has 29 nitrogen and oxygen atoms in total. The van der Waals surface area contributed by atoms with Gasteiger partial charge in [-0.3, -0.25) is 48.1 Å². The summed E-state index contributed by atoms with van der Waals surface area (Å²) in [6.07, 6.45) is 6.28. The van der Waals surface area contributed by atoms with Crippen LogP contribution < -0.4 is 82.7 Å². The van der Waals surface area contributed by atoms with Gasteiger partial charge in [-0.25, -0.2) is 4.98 Å². The van der Waals surface area contributed by atoms with Crippen molar-refractivity contribution < 1.29 is 48.3 Å². The number of nitrogens with one attached hydrogen (secondary N) is 9. The van der Waals surface area contributed by atoms with Crippen molar-refractivity contribution in [1.82, 2.24) is 57.4 Å². The molecule has 2 rings (SSSR count). The van der Waals surface area contributed by atoms with Crippen molar-refractivity contribution in [2.24, 2.45) is 45.1 Å². The third kappa shape index (κ3) is 22.7. The van der Waals surface area contributed by atoms with Gasteiger partial charge < -0.3 is 97.7 Å². The van der Waals surface area contributed by atoms with Crippen molar-refractivity contribution in [3.8, 4) is 0 Å². The summed E-state index contributed by atoms with van der Waals surface area (Å²) in [5.74, 6) is -7.25. The van der Waals surface area contributed by atoms with Crippen LogP contribution in [-0.2, 0) is 49.6 Å². The molecule has 0 aliphatic carbocycles. The van der Waals surface area contributed by atoms with Crippen molar-refractivity contribution in [2.75, 3.05) is 52.9 Å². The zero-order valence-electron chi connectivity index (χ0n) is 41.8. The monoisotopic (exact) mass is 1030 g/mol. The van der Waals surface area contributed by atoms with E-state index in [1.165, 1.54) is 30.4 Å². The number of amides is 9. The van der Waals surface area contributed by atoms with E-state index < -0.39 is 115 Å². The van der Waals surface area contributed by atoms with Gasteiger partial charge >= 0.3 is 0 Å². The summed E-state index contributed by atoms with van der Waals surface area (Å²) in [5, 5.41) is 31.0. The molecule has 0 bridgehead atoms. The van der Waals surface area contributed by atoms with E-state index in [2.05, 4.69) is 57.5 Å². The highest BCUT2D eigenvalue weighted by Gasteiger charge is 2.39. The maximum absolute atomic E-state index is 14.2. The number of nitrogens with zero attached hydrogens (tertiary/aromatic N) is 3. The molecular formula is C44H79N19O10. The van der Waals surface area contributed by atoms with Crippen LogP contribution in [0.3, 0.4) is 0 Å². The molecule has 0 spiro atoms. The second-order valence-corrected chi connectivity index (χ2v) is 17.4. The topological polar surface area (TPSA) is 497 Å². The minimum absolute atomic E-state index is 0.0594. The number of unbranched alkanes of at least 4 members (excludes halogenated alkanes) is 2. The predicted molar refractivity (Wildman–Crippen MR) is 268 cm³/mol. The second-order valence-electron chi connectivity index (χ2n) is 17.4. The molecule has 1 saturated heterocycles. The number of hydrogen-bond acceptors (Lipinski definition) is 17. The van der Waals surface area contributed by atoms with Gasteiger partial charge in [-0.15, -0.1) is 0 Å². The van der Waals surface area contributed by atoms with Gasteiger partial charge in [-0.1, -0.05) is 12.5 Å². The molecule has 0 aromatic carbocycles. The molecule has 1 aromatic rings. The second kappa shape index (κ2) is 33.8. The van der Waals surface area contributed by atoms with E-state index in [1.54, 1.807) is 7.05 Å². The molecule has 1 fully saturated rings. The minimum atomic E-state index is -1.55. The number of rotatable bonds is 35. The van der Waals surface area contributed by atoms with Crippen molar-refractivity contribution in [2.45, 2.75) is 132 Å². The first kappa shape index (κ1) is 62.3. The summed E-state index contributed by atoms with van der Waals surface area (Å²) >= 11 is 0. The molecule has 2 heterocycles. The fourth-order valence-corrected chi connectivity index (χ4v) is 7.51. The first-order chi connectivity index (χ1) is 34.8. The average molecular weight is 1030 g/mol. The molecule has 0 saturated carbocycles. The number of aromatic nitrogens is 2. The highest BCUT2D eigenvalue weighted by molar-refractivity contribution is 6.00. The molecule has 1 aliphatic rings. The lowest BCUT2D eigenvalue weighted by Gasteiger charge is -2.30. The number of aromatic amines is 1. The molecule has 24 N–H and O–H groups in total. The van der Waals surface area contributed by atoms with E-state index in [-0.39, 0.29) is 69.8 Å². The number of aliphatic hydroxyl groups excluding tert-OH is 1. The Labute approximate surface area is 424 Å². The van der Waals surface area contributed by atoms with Gasteiger partial charge in [0, 0.05) is 37.9 Å². The van der Waals surface area contributed by atoms with E-state index in [0.717, 1.165) is 13.0 Å². The number of aliphatic hydroxyl groups is 1. The van der Waals surface area contributed by atoms with Crippen LogP contribution in [0.4, 0.5) is 0 Å². The van der Waals surface area contributed by atoms with Gasteiger partial charge in [0.05, 0.1) is 25.0 Å². The van der Waals surface area contributed by atoms with Gasteiger partial charge in [0.1, 0.15) is 41.9 Å². The summed E-state index contributed by atoms with van der Waals surface area (Å²) in [7, 11) is 1.79. The Morgan fingerprint density at radius 2 is 1.53 bits per heavy atom. The summed E-state index contributed by atoms with van der Waals surface area (Å²) in [4.78, 5) is 132. The van der Waals surface area contributed by atoms with Crippen LogP contribution in [0, 0.1) is 0 Å². The summed E-state index contributed by atoms with van der Waals surface area (Å²) in [6, 6.07) is -8.63. The van der Waals surface area contributed by atoms with Crippen LogP contribution in [-0.4, -0.2) is 180 Å². The number of H-pyrrole nitrogens is 1. The lowest BCUT2D eigenvalue weighted by Crippen LogP contribution is -2.60. The Morgan fingerprint density at radius 3 is 2.16 bits per heavy atom. The first-order valence-electron chi connectivity index (χ1n) is 24.4. The van der Waals surface area contributed by atoms with E-state index >= 15 is 0 Å². The zero-order valence-corrected chi connectivity index (χ0v) is 41.8. The summed E-state index contributed by atoms with van der Waals surface area (Å²) in [5.41, 5.74) is 39.4. The van der Waals surface area contributed by atoms with Crippen LogP contribution in [0.1, 0.15) is 83.2 Å². The molecule has 410 valence electrons. The van der Waals surface area contributed by atoms with Gasteiger partial charge in [0.15, 0.2) is 5.96 Å². The van der Waals surface area contributed by atoms with Crippen molar-refractivity contribution in [3.63, 3.8) is 0 Å². The quantitative estimate of drug-likeness (QED) is 0.0130. The molecule has 0 radical (unpaired) electrons. The predicted octanol–water partition coefficient (Wildman–Crippen LogP) is -7.44. The fraction of sp³-hybridized carbons (Fsp3) is 0.659. The van der Waals surface area contributed by atoms with Gasteiger partial charge in [-0.2, -0.15) is 0 Å². The molecule has 2 unspecified atom stereocenters. The number of aliphatic imine (C=N–C) groups is 1. The van der Waals surface area contributed by atoms with Crippen LogP contribution in [0.25, 0.3) is 0 Å². The van der Waals surface area contributed by atoms with E-state index in [1.807, 2.05) is 0 Å². The van der Waals surface area contributed by atoms with E-state index in [0.29, 0.717) is 44.3 Å². The molecule has 73 heavy (non-hydrogen) atoms. The Bertz CT molecular complexity index is 2020. The lowest BCUT2D eigenvalue weighted by atomic mass is 10.1. The average Bonchev–Trinajstić information content (AvgIpc) is 4.08. The molecule has 1 aliphatic heterocycles. The number of guanidine groups is 1. The Balaban J connectivity index is 2.19. The maximum atomic E-state index is 14.2. The maximum Gasteiger partial charge on any atom is 0.264 e. The van der Waals surface area contributed by atoms with Crippen LogP contribution in [0.15, 0.2) is 29.3 Å². The molecule has 29 heteroatoms. The number of carbonyl (C=O) groups excluding carboxylic acids is 9. The Hall–Kier alpha value is -6.79. The first-order valence-corrected chi connectivity index (χ1v) is 24.4. The minimum Gasteiger partial charge on any atom is -0.389 e. The summed E-state index contributed by atoms with van der Waals surface area (Å²) in [6.45, 7) is 1.64. The van der Waals surface area contributed by atoms with Gasteiger partial charge in [0.25, 0.3) is 5.91 Å². The molecule has 1 aromatic heterocycles. The van der Waals surface area contributed by atoms with Gasteiger partial charge in [-0.05, 0) is 97.8 Å². The number of imidazole rings is 1. The van der Waals surface area contributed by atoms with Crippen LogP contribution in [0.2, 0.25) is 0 Å². The number of hydrogen-bond donors (Lipinski definition) is 17.